The second kappa shape index (κ2) is 9.08. The SMILES string of the molecule is COc1cc(CCC(=O)Nc2ccccc2CN(C)C)cc(OC)c1. The largest absolute Gasteiger partial charge is 0.497 e. The quantitative estimate of drug-likeness (QED) is 0.799. The van der Waals surface area contributed by atoms with Gasteiger partial charge in [-0.15, -0.1) is 0 Å². The molecule has 134 valence electrons. The van der Waals surface area contributed by atoms with Crippen molar-refractivity contribution in [1.29, 1.82) is 0 Å². The Bertz CT molecular complexity index is 692. The Labute approximate surface area is 149 Å². The molecule has 0 atom stereocenters. The maximum Gasteiger partial charge on any atom is 0.224 e. The monoisotopic (exact) mass is 342 g/mol. The molecule has 0 aromatic heterocycles. The average Bonchev–Trinajstić information content (AvgIpc) is 2.61. The van der Waals surface area contributed by atoms with Crippen LogP contribution in [-0.4, -0.2) is 39.1 Å². The maximum atomic E-state index is 12.3. The first-order valence-corrected chi connectivity index (χ1v) is 8.26. The van der Waals surface area contributed by atoms with E-state index in [-0.39, 0.29) is 5.91 Å². The molecule has 1 amide bonds. The lowest BCUT2D eigenvalue weighted by atomic mass is 10.1. The third-order valence-electron chi connectivity index (χ3n) is 3.83. The van der Waals surface area contributed by atoms with Crippen LogP contribution in [0.2, 0.25) is 0 Å². The van der Waals surface area contributed by atoms with Crippen LogP contribution in [0.1, 0.15) is 17.5 Å². The first-order valence-electron chi connectivity index (χ1n) is 8.26. The van der Waals surface area contributed by atoms with Crippen LogP contribution in [0.5, 0.6) is 11.5 Å². The molecule has 5 nitrogen and oxygen atoms in total. The highest BCUT2D eigenvalue weighted by molar-refractivity contribution is 5.91. The van der Waals surface area contributed by atoms with E-state index in [1.807, 2.05) is 56.6 Å². The number of ether oxygens (including phenoxy) is 2. The lowest BCUT2D eigenvalue weighted by molar-refractivity contribution is -0.116. The normalized spacial score (nSPS) is 10.6. The lowest BCUT2D eigenvalue weighted by Gasteiger charge is -2.15. The number of methoxy groups -OCH3 is 2. The van der Waals surface area contributed by atoms with Crippen molar-refractivity contribution in [2.45, 2.75) is 19.4 Å². The van der Waals surface area contributed by atoms with Gasteiger partial charge in [0.15, 0.2) is 0 Å². The molecule has 5 heteroatoms. The van der Waals surface area contributed by atoms with E-state index in [2.05, 4.69) is 10.2 Å². The summed E-state index contributed by atoms with van der Waals surface area (Å²) in [6.45, 7) is 0.781. The summed E-state index contributed by atoms with van der Waals surface area (Å²) in [4.78, 5) is 14.4. The van der Waals surface area contributed by atoms with Crippen LogP contribution in [0.15, 0.2) is 42.5 Å². The molecule has 0 aliphatic heterocycles. The molecule has 2 aromatic rings. The van der Waals surface area contributed by atoms with E-state index in [4.69, 9.17) is 9.47 Å². The smallest absolute Gasteiger partial charge is 0.224 e. The Morgan fingerprint density at radius 2 is 1.68 bits per heavy atom. The molecule has 0 spiro atoms. The summed E-state index contributed by atoms with van der Waals surface area (Å²) >= 11 is 0. The predicted octanol–water partition coefficient (Wildman–Crippen LogP) is 3.34. The molecule has 0 unspecified atom stereocenters. The van der Waals surface area contributed by atoms with Crippen LogP contribution in [0.4, 0.5) is 5.69 Å². The Morgan fingerprint density at radius 1 is 1.04 bits per heavy atom. The van der Waals surface area contributed by atoms with Gasteiger partial charge in [-0.05, 0) is 49.8 Å². The summed E-state index contributed by atoms with van der Waals surface area (Å²) in [7, 11) is 7.25. The van der Waals surface area contributed by atoms with E-state index in [1.54, 1.807) is 14.2 Å². The summed E-state index contributed by atoms with van der Waals surface area (Å²) < 4.78 is 10.5. The standard InChI is InChI=1S/C20H26N2O3/c1-22(2)14-16-7-5-6-8-19(16)21-20(23)10-9-15-11-17(24-3)13-18(12-15)25-4/h5-8,11-13H,9-10,14H2,1-4H3,(H,21,23). The Hall–Kier alpha value is -2.53. The molecule has 0 fully saturated rings. The number of carbonyl (C=O) groups is 1. The maximum absolute atomic E-state index is 12.3. The number of nitrogens with zero attached hydrogens (tertiary/aromatic N) is 1. The summed E-state index contributed by atoms with van der Waals surface area (Å²) in [5.41, 5.74) is 2.97. The van der Waals surface area contributed by atoms with Crippen LogP contribution < -0.4 is 14.8 Å². The van der Waals surface area contributed by atoms with E-state index in [0.29, 0.717) is 12.8 Å². The van der Waals surface area contributed by atoms with Gasteiger partial charge in [-0.1, -0.05) is 18.2 Å². The van der Waals surface area contributed by atoms with Crippen molar-refractivity contribution in [2.75, 3.05) is 33.6 Å². The molecule has 0 heterocycles. The summed E-state index contributed by atoms with van der Waals surface area (Å²) in [5.74, 6) is 1.45. The molecule has 2 aromatic carbocycles. The number of aryl methyl sites for hydroxylation is 1. The lowest BCUT2D eigenvalue weighted by Crippen LogP contribution is -2.16. The zero-order valence-corrected chi connectivity index (χ0v) is 15.3. The molecule has 0 saturated carbocycles. The zero-order chi connectivity index (χ0) is 18.2. The van der Waals surface area contributed by atoms with Crippen molar-refractivity contribution in [3.8, 4) is 11.5 Å². The number of benzene rings is 2. The van der Waals surface area contributed by atoms with Crippen molar-refractivity contribution in [1.82, 2.24) is 4.90 Å². The number of hydrogen-bond donors (Lipinski definition) is 1. The number of hydrogen-bond acceptors (Lipinski definition) is 4. The number of rotatable bonds is 8. The molecule has 1 N–H and O–H groups in total. The summed E-state index contributed by atoms with van der Waals surface area (Å²) in [5, 5.41) is 3.02. The summed E-state index contributed by atoms with van der Waals surface area (Å²) in [6, 6.07) is 13.6. The minimum absolute atomic E-state index is 0.00649. The van der Waals surface area contributed by atoms with Gasteiger partial charge in [0, 0.05) is 24.7 Å². The van der Waals surface area contributed by atoms with Gasteiger partial charge >= 0.3 is 0 Å². The van der Waals surface area contributed by atoms with Gasteiger partial charge in [0.05, 0.1) is 14.2 Å². The third kappa shape index (κ3) is 5.80. The van der Waals surface area contributed by atoms with Gasteiger partial charge in [0.25, 0.3) is 0 Å². The van der Waals surface area contributed by atoms with Crippen LogP contribution >= 0.6 is 0 Å². The molecule has 0 saturated heterocycles. The van der Waals surface area contributed by atoms with Crippen LogP contribution in [0, 0.1) is 0 Å². The van der Waals surface area contributed by atoms with Gasteiger partial charge in [-0.2, -0.15) is 0 Å². The average molecular weight is 342 g/mol. The second-order valence-corrected chi connectivity index (χ2v) is 6.16. The topological polar surface area (TPSA) is 50.8 Å². The van der Waals surface area contributed by atoms with Crippen molar-refractivity contribution in [3.05, 3.63) is 53.6 Å². The van der Waals surface area contributed by atoms with Gasteiger partial charge in [0.2, 0.25) is 5.91 Å². The van der Waals surface area contributed by atoms with E-state index in [0.717, 1.165) is 34.9 Å². The van der Waals surface area contributed by atoms with Gasteiger partial charge in [-0.3, -0.25) is 4.79 Å². The molecular weight excluding hydrogens is 316 g/mol. The minimum Gasteiger partial charge on any atom is -0.497 e. The Kier molecular flexibility index (Phi) is 6.83. The third-order valence-corrected chi connectivity index (χ3v) is 3.83. The Morgan fingerprint density at radius 3 is 2.28 bits per heavy atom. The summed E-state index contributed by atoms with van der Waals surface area (Å²) in [6.07, 6.45) is 1.02. The minimum atomic E-state index is -0.00649. The molecule has 0 aliphatic carbocycles. The number of carbonyl (C=O) groups excluding carboxylic acids is 1. The highest BCUT2D eigenvalue weighted by Crippen LogP contribution is 2.23. The Balaban J connectivity index is 2.00. The fourth-order valence-electron chi connectivity index (χ4n) is 2.60. The van der Waals surface area contributed by atoms with E-state index < -0.39 is 0 Å². The van der Waals surface area contributed by atoms with E-state index in [1.165, 1.54) is 0 Å². The van der Waals surface area contributed by atoms with Crippen LogP contribution in [0.3, 0.4) is 0 Å². The van der Waals surface area contributed by atoms with Crippen LogP contribution in [0.25, 0.3) is 0 Å². The van der Waals surface area contributed by atoms with Crippen molar-refractivity contribution < 1.29 is 14.3 Å². The van der Waals surface area contributed by atoms with Gasteiger partial charge in [0.1, 0.15) is 11.5 Å². The van der Waals surface area contributed by atoms with Crippen molar-refractivity contribution >= 4 is 11.6 Å². The van der Waals surface area contributed by atoms with Crippen molar-refractivity contribution in [2.24, 2.45) is 0 Å². The fourth-order valence-corrected chi connectivity index (χ4v) is 2.60. The van der Waals surface area contributed by atoms with E-state index in [9.17, 15) is 4.79 Å². The number of nitrogens with one attached hydrogen (secondary N) is 1. The van der Waals surface area contributed by atoms with E-state index >= 15 is 0 Å². The van der Waals surface area contributed by atoms with Crippen molar-refractivity contribution in [3.63, 3.8) is 0 Å². The van der Waals surface area contributed by atoms with Crippen LogP contribution in [-0.2, 0) is 17.8 Å². The highest BCUT2D eigenvalue weighted by atomic mass is 16.5. The number of anilines is 1. The molecular formula is C20H26N2O3. The first kappa shape index (κ1) is 18.8. The fraction of sp³-hybridized carbons (Fsp3) is 0.350. The zero-order valence-electron chi connectivity index (χ0n) is 15.3. The molecule has 0 bridgehead atoms. The molecule has 0 radical (unpaired) electrons. The number of amides is 1. The number of para-hydroxylation sites is 1. The first-order chi connectivity index (χ1) is 12.0. The second-order valence-electron chi connectivity index (χ2n) is 6.16. The molecule has 0 aliphatic rings. The predicted molar refractivity (Wildman–Crippen MR) is 100 cm³/mol. The highest BCUT2D eigenvalue weighted by Gasteiger charge is 2.09. The van der Waals surface area contributed by atoms with Gasteiger partial charge < -0.3 is 19.7 Å². The molecule has 25 heavy (non-hydrogen) atoms. The van der Waals surface area contributed by atoms with Gasteiger partial charge in [-0.25, -0.2) is 0 Å². The molecule has 2 rings (SSSR count).